The van der Waals surface area contributed by atoms with Crippen molar-refractivity contribution in [2.75, 3.05) is 14.2 Å². The number of hydrogen-bond acceptors (Lipinski definition) is 4. The smallest absolute Gasteiger partial charge is 0.228 e. The van der Waals surface area contributed by atoms with E-state index in [-0.39, 0.29) is 5.78 Å². The number of furan rings is 1. The molecule has 0 saturated heterocycles. The van der Waals surface area contributed by atoms with Gasteiger partial charge < -0.3 is 13.9 Å². The second-order valence-corrected chi connectivity index (χ2v) is 4.96. The first-order valence-electron chi connectivity index (χ1n) is 6.90. The van der Waals surface area contributed by atoms with E-state index in [0.29, 0.717) is 28.4 Å². The predicted molar refractivity (Wildman–Crippen MR) is 83.9 cm³/mol. The van der Waals surface area contributed by atoms with Gasteiger partial charge in [-0.05, 0) is 13.0 Å². The van der Waals surface area contributed by atoms with Crippen molar-refractivity contribution in [2.24, 2.45) is 0 Å². The van der Waals surface area contributed by atoms with Crippen LogP contribution < -0.4 is 9.47 Å². The molecular weight excluding hydrogens is 280 g/mol. The Bertz CT molecular complexity index is 831. The van der Waals surface area contributed by atoms with E-state index >= 15 is 0 Å². The number of fused-ring (bicyclic) bond motifs is 1. The Balaban J connectivity index is 2.20. The van der Waals surface area contributed by atoms with E-state index in [4.69, 9.17) is 13.9 Å². The molecule has 0 amide bonds. The number of methoxy groups -OCH3 is 2. The highest BCUT2D eigenvalue weighted by Gasteiger charge is 2.21. The number of ketones is 1. The summed E-state index contributed by atoms with van der Waals surface area (Å²) < 4.78 is 16.4. The molecule has 0 atom stereocenters. The Labute approximate surface area is 128 Å². The van der Waals surface area contributed by atoms with Crippen LogP contribution in [0.3, 0.4) is 0 Å². The lowest BCUT2D eigenvalue weighted by Crippen LogP contribution is -2.00. The van der Waals surface area contributed by atoms with Crippen LogP contribution in [0.5, 0.6) is 11.5 Å². The van der Waals surface area contributed by atoms with Crippen LogP contribution in [0.25, 0.3) is 11.0 Å². The first kappa shape index (κ1) is 14.2. The lowest BCUT2D eigenvalue weighted by Gasteiger charge is -2.04. The van der Waals surface area contributed by atoms with Gasteiger partial charge in [0.2, 0.25) is 5.78 Å². The molecule has 0 unspecified atom stereocenters. The van der Waals surface area contributed by atoms with Gasteiger partial charge in [0.05, 0.1) is 14.2 Å². The lowest BCUT2D eigenvalue weighted by molar-refractivity contribution is 0.101. The Morgan fingerprint density at radius 3 is 2.41 bits per heavy atom. The number of ether oxygens (including phenoxy) is 2. The normalized spacial score (nSPS) is 10.7. The van der Waals surface area contributed by atoms with Crippen molar-refractivity contribution in [1.82, 2.24) is 0 Å². The van der Waals surface area contributed by atoms with Gasteiger partial charge in [-0.2, -0.15) is 0 Å². The quantitative estimate of drug-likeness (QED) is 0.683. The Morgan fingerprint density at radius 1 is 1.05 bits per heavy atom. The summed E-state index contributed by atoms with van der Waals surface area (Å²) in [5.41, 5.74) is 1.93. The summed E-state index contributed by atoms with van der Waals surface area (Å²) in [7, 11) is 3.15. The minimum atomic E-state index is -0.143. The molecule has 0 saturated carbocycles. The number of benzene rings is 2. The molecule has 3 rings (SSSR count). The standard InChI is InChI=1S/C18H16O4/c1-11-14-9-13(20-2)10-15(21-3)18(14)22-17(11)16(19)12-7-5-4-6-8-12/h4-10H,1-3H3. The molecule has 0 spiro atoms. The van der Waals surface area contributed by atoms with Crippen LogP contribution in [0.1, 0.15) is 21.7 Å². The maximum absolute atomic E-state index is 12.6. The third-order valence-electron chi connectivity index (χ3n) is 3.67. The van der Waals surface area contributed by atoms with Crippen molar-refractivity contribution >= 4 is 16.8 Å². The molecule has 0 aliphatic heterocycles. The van der Waals surface area contributed by atoms with Gasteiger partial charge in [-0.1, -0.05) is 30.3 Å². The highest BCUT2D eigenvalue weighted by Crippen LogP contribution is 2.36. The molecule has 0 fully saturated rings. The fraction of sp³-hybridized carbons (Fsp3) is 0.167. The molecule has 0 N–H and O–H groups in total. The van der Waals surface area contributed by atoms with Crippen molar-refractivity contribution in [3.63, 3.8) is 0 Å². The van der Waals surface area contributed by atoms with Crippen LogP contribution in [0.15, 0.2) is 46.9 Å². The number of hydrogen-bond donors (Lipinski definition) is 0. The maximum atomic E-state index is 12.6. The molecule has 0 aliphatic rings. The number of carbonyl (C=O) groups excluding carboxylic acids is 1. The van der Waals surface area contributed by atoms with Crippen LogP contribution in [-0.4, -0.2) is 20.0 Å². The summed E-state index contributed by atoms with van der Waals surface area (Å²) in [5, 5.41) is 0.815. The Kier molecular flexibility index (Phi) is 3.59. The highest BCUT2D eigenvalue weighted by molar-refractivity contribution is 6.11. The van der Waals surface area contributed by atoms with Crippen LogP contribution in [0.2, 0.25) is 0 Å². The zero-order chi connectivity index (χ0) is 15.7. The summed E-state index contributed by atoms with van der Waals surface area (Å²) >= 11 is 0. The van der Waals surface area contributed by atoms with Gasteiger partial charge in [0.25, 0.3) is 0 Å². The predicted octanol–water partition coefficient (Wildman–Crippen LogP) is 3.99. The third-order valence-corrected chi connectivity index (χ3v) is 3.67. The van der Waals surface area contributed by atoms with Crippen LogP contribution in [-0.2, 0) is 0 Å². The number of rotatable bonds is 4. The van der Waals surface area contributed by atoms with Gasteiger partial charge in [0.1, 0.15) is 5.75 Å². The monoisotopic (exact) mass is 296 g/mol. The minimum absolute atomic E-state index is 0.143. The molecule has 4 nitrogen and oxygen atoms in total. The summed E-state index contributed by atoms with van der Waals surface area (Å²) in [6.45, 7) is 1.86. The summed E-state index contributed by atoms with van der Waals surface area (Å²) in [5.74, 6) is 1.39. The average molecular weight is 296 g/mol. The van der Waals surface area contributed by atoms with Gasteiger partial charge in [-0.3, -0.25) is 4.79 Å². The van der Waals surface area contributed by atoms with Gasteiger partial charge >= 0.3 is 0 Å². The van der Waals surface area contributed by atoms with E-state index in [1.807, 2.05) is 31.2 Å². The molecule has 0 bridgehead atoms. The van der Waals surface area contributed by atoms with Crippen molar-refractivity contribution in [3.05, 3.63) is 59.4 Å². The molecule has 1 heterocycles. The fourth-order valence-corrected chi connectivity index (χ4v) is 2.47. The molecule has 3 aromatic rings. The van der Waals surface area contributed by atoms with Gasteiger partial charge in [0, 0.05) is 22.6 Å². The van der Waals surface area contributed by atoms with Crippen LogP contribution in [0, 0.1) is 6.92 Å². The highest BCUT2D eigenvalue weighted by atomic mass is 16.5. The average Bonchev–Trinajstić information content (AvgIpc) is 2.91. The van der Waals surface area contributed by atoms with Gasteiger partial charge in [-0.15, -0.1) is 0 Å². The van der Waals surface area contributed by atoms with Crippen molar-refractivity contribution in [3.8, 4) is 11.5 Å². The third kappa shape index (κ3) is 2.22. The molecular formula is C18H16O4. The van der Waals surface area contributed by atoms with E-state index in [0.717, 1.165) is 10.9 Å². The van der Waals surface area contributed by atoms with E-state index in [2.05, 4.69) is 0 Å². The second-order valence-electron chi connectivity index (χ2n) is 4.96. The Morgan fingerprint density at radius 2 is 1.77 bits per heavy atom. The number of carbonyl (C=O) groups is 1. The fourth-order valence-electron chi connectivity index (χ4n) is 2.47. The molecule has 0 radical (unpaired) electrons. The topological polar surface area (TPSA) is 48.7 Å². The van der Waals surface area contributed by atoms with Gasteiger partial charge in [-0.25, -0.2) is 0 Å². The molecule has 2 aromatic carbocycles. The van der Waals surface area contributed by atoms with Crippen molar-refractivity contribution in [2.45, 2.75) is 6.92 Å². The summed E-state index contributed by atoms with van der Waals surface area (Å²) in [4.78, 5) is 12.6. The second kappa shape index (κ2) is 5.56. The molecule has 112 valence electrons. The Hall–Kier alpha value is -2.75. The summed E-state index contributed by atoms with van der Waals surface area (Å²) in [6.07, 6.45) is 0. The van der Waals surface area contributed by atoms with Crippen LogP contribution >= 0.6 is 0 Å². The van der Waals surface area contributed by atoms with Gasteiger partial charge in [0.15, 0.2) is 17.1 Å². The maximum Gasteiger partial charge on any atom is 0.228 e. The first-order valence-corrected chi connectivity index (χ1v) is 6.90. The zero-order valence-electron chi connectivity index (χ0n) is 12.7. The zero-order valence-corrected chi connectivity index (χ0v) is 12.7. The van der Waals surface area contributed by atoms with E-state index in [1.54, 1.807) is 32.4 Å². The van der Waals surface area contributed by atoms with Crippen molar-refractivity contribution < 1.29 is 18.7 Å². The first-order chi connectivity index (χ1) is 10.7. The van der Waals surface area contributed by atoms with Crippen molar-refractivity contribution in [1.29, 1.82) is 0 Å². The van der Waals surface area contributed by atoms with Crippen LogP contribution in [0.4, 0.5) is 0 Å². The lowest BCUT2D eigenvalue weighted by atomic mass is 10.0. The summed E-state index contributed by atoms with van der Waals surface area (Å²) in [6, 6.07) is 12.7. The molecule has 0 aliphatic carbocycles. The molecule has 1 aromatic heterocycles. The molecule has 4 heteroatoms. The van der Waals surface area contributed by atoms with E-state index in [1.165, 1.54) is 0 Å². The number of aryl methyl sites for hydroxylation is 1. The van der Waals surface area contributed by atoms with E-state index < -0.39 is 0 Å². The SMILES string of the molecule is COc1cc(OC)c2oc(C(=O)c3ccccc3)c(C)c2c1. The minimum Gasteiger partial charge on any atom is -0.497 e. The largest absolute Gasteiger partial charge is 0.497 e. The van der Waals surface area contributed by atoms with E-state index in [9.17, 15) is 4.79 Å². The molecule has 22 heavy (non-hydrogen) atoms.